The van der Waals surface area contributed by atoms with Crippen molar-refractivity contribution in [3.63, 3.8) is 0 Å². The quantitative estimate of drug-likeness (QED) is 0.683. The summed E-state index contributed by atoms with van der Waals surface area (Å²) in [5, 5.41) is 3.34. The number of likely N-dealkylation sites (N-methyl/N-ethyl adjacent to an activating group) is 1. The first-order chi connectivity index (χ1) is 9.52. The first-order valence-electron chi connectivity index (χ1n) is 7.86. The number of benzene rings is 1. The Morgan fingerprint density at radius 3 is 2.15 bits per heavy atom. The van der Waals surface area contributed by atoms with Crippen molar-refractivity contribution in [3.8, 4) is 0 Å². The van der Waals surface area contributed by atoms with E-state index in [-0.39, 0.29) is 6.04 Å². The lowest BCUT2D eigenvalue weighted by Crippen LogP contribution is -2.22. The van der Waals surface area contributed by atoms with Crippen LogP contribution in [0.15, 0.2) is 24.3 Å². The smallest absolute Gasteiger partial charge is 0.0661 e. The summed E-state index contributed by atoms with van der Waals surface area (Å²) >= 11 is 0. The summed E-state index contributed by atoms with van der Waals surface area (Å²) in [6.07, 6.45) is 2.28. The van der Waals surface area contributed by atoms with Crippen molar-refractivity contribution in [3.05, 3.63) is 35.4 Å². The standard InChI is InChI=1S/C18H31NO/c1-14(2)10-11-20-13-18(19-5)17-8-6-16(7-9-17)12-15(3)4/h6-9,14-15,18-19H,10-13H2,1-5H3. The van der Waals surface area contributed by atoms with Crippen molar-refractivity contribution < 1.29 is 4.74 Å². The summed E-state index contributed by atoms with van der Waals surface area (Å²) in [6.45, 7) is 10.6. The van der Waals surface area contributed by atoms with Crippen molar-refractivity contribution >= 4 is 0 Å². The Kier molecular flexibility index (Phi) is 7.86. The Bertz CT molecular complexity index is 356. The van der Waals surface area contributed by atoms with E-state index >= 15 is 0 Å². The highest BCUT2D eigenvalue weighted by molar-refractivity contribution is 5.25. The molecular weight excluding hydrogens is 246 g/mol. The van der Waals surface area contributed by atoms with Crippen LogP contribution < -0.4 is 5.32 Å². The van der Waals surface area contributed by atoms with Crippen LogP contribution in [0.3, 0.4) is 0 Å². The van der Waals surface area contributed by atoms with E-state index in [0.29, 0.717) is 11.8 Å². The second-order valence-corrected chi connectivity index (χ2v) is 6.44. The summed E-state index contributed by atoms with van der Waals surface area (Å²) in [4.78, 5) is 0. The highest BCUT2D eigenvalue weighted by atomic mass is 16.5. The molecule has 0 radical (unpaired) electrons. The van der Waals surface area contributed by atoms with Gasteiger partial charge in [-0.15, -0.1) is 0 Å². The predicted octanol–water partition coefficient (Wildman–Crippen LogP) is 4.21. The number of hydrogen-bond donors (Lipinski definition) is 1. The van der Waals surface area contributed by atoms with Gasteiger partial charge in [0.05, 0.1) is 12.6 Å². The van der Waals surface area contributed by atoms with Gasteiger partial charge in [0.25, 0.3) is 0 Å². The van der Waals surface area contributed by atoms with Crippen LogP contribution in [0, 0.1) is 11.8 Å². The monoisotopic (exact) mass is 277 g/mol. The van der Waals surface area contributed by atoms with E-state index < -0.39 is 0 Å². The first kappa shape index (κ1) is 17.2. The first-order valence-corrected chi connectivity index (χ1v) is 7.86. The van der Waals surface area contributed by atoms with Gasteiger partial charge in [0.2, 0.25) is 0 Å². The maximum Gasteiger partial charge on any atom is 0.0661 e. The molecule has 2 heteroatoms. The normalized spacial score (nSPS) is 13.2. The fourth-order valence-electron chi connectivity index (χ4n) is 2.22. The molecule has 0 spiro atoms. The fraction of sp³-hybridized carbons (Fsp3) is 0.667. The minimum Gasteiger partial charge on any atom is -0.379 e. The molecular formula is C18H31NO. The van der Waals surface area contributed by atoms with Gasteiger partial charge in [0.15, 0.2) is 0 Å². The van der Waals surface area contributed by atoms with Crippen LogP contribution in [0.2, 0.25) is 0 Å². The van der Waals surface area contributed by atoms with Crippen molar-refractivity contribution in [2.24, 2.45) is 11.8 Å². The largest absolute Gasteiger partial charge is 0.379 e. The molecule has 2 nitrogen and oxygen atoms in total. The molecule has 0 amide bonds. The van der Waals surface area contributed by atoms with Crippen LogP contribution in [0.25, 0.3) is 0 Å². The third-order valence-corrected chi connectivity index (χ3v) is 3.50. The lowest BCUT2D eigenvalue weighted by atomic mass is 9.99. The molecule has 0 heterocycles. The fourth-order valence-corrected chi connectivity index (χ4v) is 2.22. The summed E-state index contributed by atoms with van der Waals surface area (Å²) in [5.41, 5.74) is 2.73. The zero-order valence-electron chi connectivity index (χ0n) is 13.8. The SMILES string of the molecule is CNC(COCCC(C)C)c1ccc(CC(C)C)cc1. The van der Waals surface area contributed by atoms with E-state index in [2.05, 4.69) is 57.3 Å². The van der Waals surface area contributed by atoms with Crippen LogP contribution in [-0.2, 0) is 11.2 Å². The Hall–Kier alpha value is -0.860. The van der Waals surface area contributed by atoms with Crippen molar-refractivity contribution in [1.82, 2.24) is 5.32 Å². The van der Waals surface area contributed by atoms with E-state index in [0.717, 1.165) is 26.1 Å². The maximum atomic E-state index is 5.78. The molecule has 0 aliphatic rings. The van der Waals surface area contributed by atoms with E-state index in [1.165, 1.54) is 11.1 Å². The molecule has 20 heavy (non-hydrogen) atoms. The minimum absolute atomic E-state index is 0.287. The average molecular weight is 277 g/mol. The summed E-state index contributed by atoms with van der Waals surface area (Å²) < 4.78 is 5.78. The zero-order valence-corrected chi connectivity index (χ0v) is 13.8. The number of ether oxygens (including phenoxy) is 1. The van der Waals surface area contributed by atoms with E-state index in [4.69, 9.17) is 4.74 Å². The van der Waals surface area contributed by atoms with Gasteiger partial charge in [-0.2, -0.15) is 0 Å². The highest BCUT2D eigenvalue weighted by Crippen LogP contribution is 2.16. The maximum absolute atomic E-state index is 5.78. The van der Waals surface area contributed by atoms with Crippen LogP contribution in [0.1, 0.15) is 51.3 Å². The van der Waals surface area contributed by atoms with Gasteiger partial charge >= 0.3 is 0 Å². The molecule has 1 aromatic rings. The van der Waals surface area contributed by atoms with E-state index in [1.807, 2.05) is 7.05 Å². The van der Waals surface area contributed by atoms with E-state index in [9.17, 15) is 0 Å². The second kappa shape index (κ2) is 9.15. The van der Waals surface area contributed by atoms with E-state index in [1.54, 1.807) is 0 Å². The van der Waals surface area contributed by atoms with Gasteiger partial charge in [0, 0.05) is 6.61 Å². The lowest BCUT2D eigenvalue weighted by molar-refractivity contribution is 0.104. The average Bonchev–Trinajstić information content (AvgIpc) is 2.39. The third kappa shape index (κ3) is 6.53. The van der Waals surface area contributed by atoms with Gasteiger partial charge in [-0.05, 0) is 42.9 Å². The molecule has 0 fully saturated rings. The van der Waals surface area contributed by atoms with Crippen molar-refractivity contribution in [2.45, 2.75) is 46.6 Å². The number of nitrogens with one attached hydrogen (secondary N) is 1. The zero-order chi connectivity index (χ0) is 15.0. The Balaban J connectivity index is 2.48. The molecule has 0 aliphatic heterocycles. The number of rotatable bonds is 9. The van der Waals surface area contributed by atoms with Gasteiger partial charge in [-0.25, -0.2) is 0 Å². The lowest BCUT2D eigenvalue weighted by Gasteiger charge is -2.18. The van der Waals surface area contributed by atoms with Gasteiger partial charge in [0.1, 0.15) is 0 Å². The van der Waals surface area contributed by atoms with Gasteiger partial charge in [-0.3, -0.25) is 0 Å². The highest BCUT2D eigenvalue weighted by Gasteiger charge is 2.09. The Labute approximate surface area is 124 Å². The molecule has 0 aromatic heterocycles. The molecule has 1 aromatic carbocycles. The summed E-state index contributed by atoms with van der Waals surface area (Å²) in [6, 6.07) is 9.23. The summed E-state index contributed by atoms with van der Waals surface area (Å²) in [7, 11) is 2.00. The molecule has 0 aliphatic carbocycles. The minimum atomic E-state index is 0.287. The number of hydrogen-bond acceptors (Lipinski definition) is 2. The Morgan fingerprint density at radius 2 is 1.65 bits per heavy atom. The molecule has 1 rings (SSSR count). The van der Waals surface area contributed by atoms with Crippen LogP contribution in [-0.4, -0.2) is 20.3 Å². The second-order valence-electron chi connectivity index (χ2n) is 6.44. The molecule has 0 bridgehead atoms. The molecule has 1 unspecified atom stereocenters. The predicted molar refractivity (Wildman–Crippen MR) is 87.1 cm³/mol. The third-order valence-electron chi connectivity index (χ3n) is 3.50. The van der Waals surface area contributed by atoms with Gasteiger partial charge in [-0.1, -0.05) is 52.0 Å². The van der Waals surface area contributed by atoms with Crippen molar-refractivity contribution in [2.75, 3.05) is 20.3 Å². The molecule has 1 N–H and O–H groups in total. The van der Waals surface area contributed by atoms with Crippen LogP contribution >= 0.6 is 0 Å². The Morgan fingerprint density at radius 1 is 1.00 bits per heavy atom. The molecule has 0 saturated carbocycles. The topological polar surface area (TPSA) is 21.3 Å². The van der Waals surface area contributed by atoms with Crippen LogP contribution in [0.5, 0.6) is 0 Å². The van der Waals surface area contributed by atoms with Gasteiger partial charge < -0.3 is 10.1 Å². The van der Waals surface area contributed by atoms with Crippen LogP contribution in [0.4, 0.5) is 0 Å². The molecule has 1 atom stereocenters. The van der Waals surface area contributed by atoms with Crippen molar-refractivity contribution in [1.29, 1.82) is 0 Å². The summed E-state index contributed by atoms with van der Waals surface area (Å²) in [5.74, 6) is 1.42. The molecule has 0 saturated heterocycles. The molecule has 114 valence electrons.